The first kappa shape index (κ1) is 13.0. The number of benzene rings is 2. The van der Waals surface area contributed by atoms with Crippen molar-refractivity contribution in [2.75, 3.05) is 20.0 Å². The van der Waals surface area contributed by atoms with Crippen LogP contribution in [0.3, 0.4) is 0 Å². The van der Waals surface area contributed by atoms with Gasteiger partial charge in [-0.15, -0.1) is 0 Å². The lowest BCUT2D eigenvalue weighted by Crippen LogP contribution is -2.08. The van der Waals surface area contributed by atoms with Gasteiger partial charge in [-0.1, -0.05) is 30.3 Å². The molecular formula is C15H15NO3. The van der Waals surface area contributed by atoms with Gasteiger partial charge < -0.3 is 15.2 Å². The molecule has 0 radical (unpaired) electrons. The second-order valence-corrected chi connectivity index (χ2v) is 3.96. The zero-order chi connectivity index (χ0) is 13.8. The molecule has 4 nitrogen and oxygen atoms in total. The smallest absolute Gasteiger partial charge is 0.200 e. The summed E-state index contributed by atoms with van der Waals surface area (Å²) in [5.41, 5.74) is 7.15. The van der Waals surface area contributed by atoms with Crippen molar-refractivity contribution >= 4 is 11.5 Å². The minimum Gasteiger partial charge on any atom is -0.496 e. The lowest BCUT2D eigenvalue weighted by molar-refractivity contribution is 0.103. The predicted molar refractivity (Wildman–Crippen MR) is 73.8 cm³/mol. The summed E-state index contributed by atoms with van der Waals surface area (Å²) >= 11 is 0. The lowest BCUT2D eigenvalue weighted by atomic mass is 10.0. The highest BCUT2D eigenvalue weighted by Gasteiger charge is 2.21. The molecule has 0 spiro atoms. The van der Waals surface area contributed by atoms with Crippen LogP contribution in [-0.2, 0) is 0 Å². The van der Waals surface area contributed by atoms with Crippen LogP contribution in [0.1, 0.15) is 15.9 Å². The number of ketones is 1. The van der Waals surface area contributed by atoms with Crippen molar-refractivity contribution in [2.45, 2.75) is 0 Å². The zero-order valence-corrected chi connectivity index (χ0v) is 10.8. The molecule has 0 aliphatic rings. The molecule has 0 saturated carbocycles. The first-order valence-electron chi connectivity index (χ1n) is 5.79. The number of nitrogens with two attached hydrogens (primary N) is 1. The normalized spacial score (nSPS) is 10.0. The summed E-state index contributed by atoms with van der Waals surface area (Å²) < 4.78 is 10.5. The van der Waals surface area contributed by atoms with E-state index >= 15 is 0 Å². The van der Waals surface area contributed by atoms with Crippen LogP contribution in [0.5, 0.6) is 11.5 Å². The lowest BCUT2D eigenvalue weighted by Gasteiger charge is -2.14. The number of carbonyl (C=O) groups is 1. The number of anilines is 1. The molecule has 0 unspecified atom stereocenters. The summed E-state index contributed by atoms with van der Waals surface area (Å²) in [6.45, 7) is 0. The van der Waals surface area contributed by atoms with Crippen molar-refractivity contribution in [3.05, 3.63) is 53.6 Å². The summed E-state index contributed by atoms with van der Waals surface area (Å²) in [6.07, 6.45) is 0. The molecule has 2 aromatic carbocycles. The van der Waals surface area contributed by atoms with Gasteiger partial charge in [0.25, 0.3) is 0 Å². The van der Waals surface area contributed by atoms with Gasteiger partial charge >= 0.3 is 0 Å². The maximum atomic E-state index is 12.5. The third-order valence-electron chi connectivity index (χ3n) is 2.84. The second-order valence-electron chi connectivity index (χ2n) is 3.96. The van der Waals surface area contributed by atoms with Crippen molar-refractivity contribution in [3.8, 4) is 11.5 Å². The topological polar surface area (TPSA) is 61.6 Å². The minimum atomic E-state index is -0.179. The summed E-state index contributed by atoms with van der Waals surface area (Å²) in [7, 11) is 2.99. The maximum absolute atomic E-state index is 12.5. The highest BCUT2D eigenvalue weighted by Crippen LogP contribution is 2.35. The van der Waals surface area contributed by atoms with E-state index in [-0.39, 0.29) is 5.78 Å². The summed E-state index contributed by atoms with van der Waals surface area (Å²) in [6, 6.07) is 12.3. The molecule has 98 valence electrons. The van der Waals surface area contributed by atoms with Gasteiger partial charge in [-0.25, -0.2) is 0 Å². The molecule has 0 aliphatic heterocycles. The van der Waals surface area contributed by atoms with Gasteiger partial charge in [0.05, 0.1) is 19.9 Å². The fraction of sp³-hybridized carbons (Fsp3) is 0.133. The van der Waals surface area contributed by atoms with Crippen LogP contribution in [0.15, 0.2) is 42.5 Å². The van der Waals surface area contributed by atoms with E-state index in [1.807, 2.05) is 6.07 Å². The molecule has 2 N–H and O–H groups in total. The standard InChI is InChI=1S/C15H15NO3/c1-18-12-9-8-11(16)15(19-2)13(12)14(17)10-6-4-3-5-7-10/h3-9H,16H2,1-2H3. The van der Waals surface area contributed by atoms with E-state index in [1.165, 1.54) is 14.2 Å². The van der Waals surface area contributed by atoms with Gasteiger partial charge in [-0.3, -0.25) is 4.79 Å². The molecule has 0 aliphatic carbocycles. The summed E-state index contributed by atoms with van der Waals surface area (Å²) in [5, 5.41) is 0. The van der Waals surface area contributed by atoms with Gasteiger partial charge in [0.1, 0.15) is 11.3 Å². The molecule has 0 aromatic heterocycles. The van der Waals surface area contributed by atoms with Gasteiger partial charge in [-0.05, 0) is 12.1 Å². The van der Waals surface area contributed by atoms with Crippen LogP contribution >= 0.6 is 0 Å². The Kier molecular flexibility index (Phi) is 3.71. The van der Waals surface area contributed by atoms with Gasteiger partial charge in [0.2, 0.25) is 5.78 Å². The van der Waals surface area contributed by atoms with E-state index in [0.29, 0.717) is 28.3 Å². The van der Waals surface area contributed by atoms with Crippen LogP contribution < -0.4 is 15.2 Å². The van der Waals surface area contributed by atoms with Crippen LogP contribution in [0, 0.1) is 0 Å². The van der Waals surface area contributed by atoms with Crippen LogP contribution in [-0.4, -0.2) is 20.0 Å². The molecule has 0 atom stereocenters. The quantitative estimate of drug-likeness (QED) is 0.675. The number of rotatable bonds is 4. The molecule has 0 saturated heterocycles. The van der Waals surface area contributed by atoms with E-state index in [1.54, 1.807) is 36.4 Å². The van der Waals surface area contributed by atoms with E-state index in [9.17, 15) is 4.79 Å². The number of nitrogen functional groups attached to an aromatic ring is 1. The SMILES string of the molecule is COc1ccc(N)c(OC)c1C(=O)c1ccccc1. The average molecular weight is 257 g/mol. The van der Waals surface area contributed by atoms with Crippen molar-refractivity contribution in [2.24, 2.45) is 0 Å². The summed E-state index contributed by atoms with van der Waals surface area (Å²) in [5.74, 6) is 0.606. The Morgan fingerprint density at radius 3 is 2.26 bits per heavy atom. The Labute approximate surface area is 111 Å². The molecule has 0 fully saturated rings. The molecular weight excluding hydrogens is 242 g/mol. The summed E-state index contributed by atoms with van der Waals surface area (Å²) in [4.78, 5) is 12.5. The van der Waals surface area contributed by atoms with Crippen LogP contribution in [0.2, 0.25) is 0 Å². The third-order valence-corrected chi connectivity index (χ3v) is 2.84. The van der Waals surface area contributed by atoms with Crippen LogP contribution in [0.4, 0.5) is 5.69 Å². The molecule has 0 heterocycles. The van der Waals surface area contributed by atoms with Crippen molar-refractivity contribution < 1.29 is 14.3 Å². The maximum Gasteiger partial charge on any atom is 0.200 e. The van der Waals surface area contributed by atoms with Crippen LogP contribution in [0.25, 0.3) is 0 Å². The van der Waals surface area contributed by atoms with E-state index in [0.717, 1.165) is 0 Å². The Morgan fingerprint density at radius 1 is 1.00 bits per heavy atom. The first-order chi connectivity index (χ1) is 9.19. The Bertz CT molecular complexity index is 594. The van der Waals surface area contributed by atoms with E-state index in [4.69, 9.17) is 15.2 Å². The molecule has 2 aromatic rings. The molecule has 19 heavy (non-hydrogen) atoms. The first-order valence-corrected chi connectivity index (χ1v) is 5.79. The monoisotopic (exact) mass is 257 g/mol. The molecule has 0 amide bonds. The van der Waals surface area contributed by atoms with E-state index in [2.05, 4.69) is 0 Å². The third kappa shape index (κ3) is 2.38. The number of hydrogen-bond acceptors (Lipinski definition) is 4. The number of methoxy groups -OCH3 is 2. The Hall–Kier alpha value is -2.49. The second kappa shape index (κ2) is 5.44. The highest BCUT2D eigenvalue weighted by atomic mass is 16.5. The van der Waals surface area contributed by atoms with Gasteiger partial charge in [-0.2, -0.15) is 0 Å². The van der Waals surface area contributed by atoms with E-state index < -0.39 is 0 Å². The highest BCUT2D eigenvalue weighted by molar-refractivity contribution is 6.13. The fourth-order valence-corrected chi connectivity index (χ4v) is 1.92. The molecule has 0 bridgehead atoms. The van der Waals surface area contributed by atoms with Crippen molar-refractivity contribution in [1.29, 1.82) is 0 Å². The van der Waals surface area contributed by atoms with Gasteiger partial charge in [0, 0.05) is 5.56 Å². The Morgan fingerprint density at radius 2 is 1.68 bits per heavy atom. The number of hydrogen-bond donors (Lipinski definition) is 1. The van der Waals surface area contributed by atoms with Crippen molar-refractivity contribution in [3.63, 3.8) is 0 Å². The largest absolute Gasteiger partial charge is 0.496 e. The molecule has 4 heteroatoms. The molecule has 2 rings (SSSR count). The minimum absolute atomic E-state index is 0.179. The predicted octanol–water partition coefficient (Wildman–Crippen LogP) is 2.52. The fourth-order valence-electron chi connectivity index (χ4n) is 1.92. The van der Waals surface area contributed by atoms with Crippen molar-refractivity contribution in [1.82, 2.24) is 0 Å². The average Bonchev–Trinajstić information content (AvgIpc) is 2.47. The zero-order valence-electron chi connectivity index (χ0n) is 10.8. The Balaban J connectivity index is 2.60. The number of ether oxygens (including phenoxy) is 2. The number of carbonyl (C=O) groups excluding carboxylic acids is 1. The van der Waals surface area contributed by atoms with Gasteiger partial charge in [0.15, 0.2) is 5.75 Å².